The lowest BCUT2D eigenvalue weighted by Crippen LogP contribution is -2.16. The highest BCUT2D eigenvalue weighted by atomic mass is 32.2. The molecular weight excluding hydrogens is 805 g/mol. The molecule has 28 heteroatoms. The topological polar surface area (TPSA) is 330 Å². The third kappa shape index (κ3) is 13.5. The fourth-order valence-corrected chi connectivity index (χ4v) is 5.72. The molecule has 2 aromatic carbocycles. The van der Waals surface area contributed by atoms with Crippen LogP contribution in [0.1, 0.15) is 11.1 Å². The van der Waals surface area contributed by atoms with E-state index in [4.69, 9.17) is 24.5 Å². The number of nitrogens with one attached hydrogen (secondary N) is 3. The van der Waals surface area contributed by atoms with Crippen molar-refractivity contribution in [2.75, 3.05) is 48.2 Å². The lowest BCUT2D eigenvalue weighted by atomic mass is 10.1. The quantitative estimate of drug-likeness (QED) is 0.0120. The van der Waals surface area contributed by atoms with Crippen molar-refractivity contribution in [1.29, 1.82) is 0 Å². The van der Waals surface area contributed by atoms with Crippen LogP contribution in [0.5, 0.6) is 12.0 Å². The second kappa shape index (κ2) is 20.0. The molecule has 0 unspecified atom stereocenters. The largest absolute Gasteiger partial charge is 0.467 e. The number of ether oxygens (including phenoxy) is 2. The van der Waals surface area contributed by atoms with E-state index in [2.05, 4.69) is 69.6 Å². The predicted molar refractivity (Wildman–Crippen MR) is 192 cm³/mol. The zero-order chi connectivity index (χ0) is 39.1. The Kier molecular flexibility index (Phi) is 15.5. The first-order valence-corrected chi connectivity index (χ1v) is 19.0. The lowest BCUT2D eigenvalue weighted by Gasteiger charge is -2.11. The minimum Gasteiger partial charge on any atom is -0.467 e. The van der Waals surface area contributed by atoms with E-state index in [0.29, 0.717) is 28.2 Å². The van der Waals surface area contributed by atoms with Crippen LogP contribution in [-0.2, 0) is 39.0 Å². The van der Waals surface area contributed by atoms with Gasteiger partial charge in [-0.05, 0) is 35.4 Å². The molecule has 2 heterocycles. The van der Waals surface area contributed by atoms with Gasteiger partial charge in [-0.3, -0.25) is 9.11 Å². The number of anilines is 5. The van der Waals surface area contributed by atoms with Gasteiger partial charge in [-0.25, -0.2) is 15.5 Å². The van der Waals surface area contributed by atoms with Crippen LogP contribution >= 0.6 is 24.1 Å². The molecule has 7 N–H and O–H groups in total. The minimum absolute atomic E-state index is 0.0280. The average Bonchev–Trinajstić information content (AvgIpc) is 3.12. The van der Waals surface area contributed by atoms with Crippen LogP contribution in [0, 0.1) is 0 Å². The van der Waals surface area contributed by atoms with Gasteiger partial charge in [0.2, 0.25) is 17.8 Å². The van der Waals surface area contributed by atoms with Crippen LogP contribution in [0.2, 0.25) is 0 Å². The molecule has 0 amide bonds. The van der Waals surface area contributed by atoms with E-state index in [9.17, 15) is 21.4 Å². The number of nitrogens with zero attached hydrogens (tertiary/aromatic N) is 7. The smallest absolute Gasteiger partial charge is 0.322 e. The fourth-order valence-electron chi connectivity index (χ4n) is 3.91. The molecule has 4 aromatic rings. The van der Waals surface area contributed by atoms with Crippen LogP contribution in [0.3, 0.4) is 0 Å². The van der Waals surface area contributed by atoms with Crippen LogP contribution in [0.15, 0.2) is 51.2 Å². The first-order valence-electron chi connectivity index (χ1n) is 14.3. The summed E-state index contributed by atoms with van der Waals surface area (Å²) in [6.45, 7) is -0.212. The number of hydrogen-bond donors (Lipinski definition) is 7. The van der Waals surface area contributed by atoms with E-state index >= 15 is 0 Å². The number of aromatic nitrogens is 6. The molecule has 0 saturated heterocycles. The van der Waals surface area contributed by atoms with Gasteiger partial charge in [0, 0.05) is 41.1 Å². The zero-order valence-electron chi connectivity index (χ0n) is 27.5. The molecule has 0 atom stereocenters. The Balaban J connectivity index is 1.58. The lowest BCUT2D eigenvalue weighted by molar-refractivity contribution is -0.432. The Morgan fingerprint density at radius 2 is 1.39 bits per heavy atom. The molecule has 0 aliphatic heterocycles. The monoisotopic (exact) mass is 832 g/mol. The van der Waals surface area contributed by atoms with Crippen molar-refractivity contribution < 1.29 is 64.7 Å². The minimum atomic E-state index is -4.79. The molecule has 0 aliphatic carbocycles. The molecule has 0 bridgehead atoms. The van der Waals surface area contributed by atoms with Gasteiger partial charge in [0.15, 0.2) is 0 Å². The molecule has 4 rings (SSSR count). The molecular formula is C26H28N10O14S4. The van der Waals surface area contributed by atoms with Gasteiger partial charge in [0.05, 0.1) is 37.8 Å². The van der Waals surface area contributed by atoms with Crippen molar-refractivity contribution in [3.63, 3.8) is 0 Å². The van der Waals surface area contributed by atoms with E-state index < -0.39 is 30.9 Å². The molecule has 0 fully saturated rings. The standard InChI is InChI=1S/C26H28N10O14S4/c1-45-25-33-21(27-9-11-51-49-47-37)31-24(36-25)30-18-8-6-16(20(14-18)54(42,43)44)4-3-15-5-7-17(13-19(15)52-50-48-38)29-23-32-22(34-26(35-23)46-2)28-10-12-53(39,40)41/h3-9,13-14,37-38H,10-12H2,1-2H3,(H,39,40,41)(H,42,43,44)(H,30,31,33,36)(H2,28,29,32,34,35)/b4-3+,27-9+. The molecule has 0 aliphatic rings. The fraction of sp³-hybridized carbons (Fsp3) is 0.192. The molecule has 290 valence electrons. The van der Waals surface area contributed by atoms with Crippen LogP contribution in [-0.4, -0.2) is 105 Å². The predicted octanol–water partition coefficient (Wildman–Crippen LogP) is 3.48. The van der Waals surface area contributed by atoms with Crippen LogP contribution in [0.25, 0.3) is 12.2 Å². The normalized spacial score (nSPS) is 12.0. The summed E-state index contributed by atoms with van der Waals surface area (Å²) < 4.78 is 85.1. The van der Waals surface area contributed by atoms with E-state index in [1.807, 2.05) is 0 Å². The Labute approximate surface area is 314 Å². The van der Waals surface area contributed by atoms with Crippen LogP contribution < -0.4 is 25.4 Å². The average molecular weight is 833 g/mol. The molecule has 24 nitrogen and oxygen atoms in total. The molecule has 54 heavy (non-hydrogen) atoms. The van der Waals surface area contributed by atoms with E-state index in [0.717, 1.165) is 18.1 Å². The molecule has 2 aromatic heterocycles. The van der Waals surface area contributed by atoms with Crippen molar-refractivity contribution in [2.45, 2.75) is 9.79 Å². The van der Waals surface area contributed by atoms with Gasteiger partial charge in [0.25, 0.3) is 26.2 Å². The summed E-state index contributed by atoms with van der Waals surface area (Å²) in [7, 11) is -6.41. The van der Waals surface area contributed by atoms with Crippen molar-refractivity contribution in [2.24, 2.45) is 4.99 Å². The van der Waals surface area contributed by atoms with E-state index in [-0.39, 0.29) is 59.4 Å². The zero-order valence-corrected chi connectivity index (χ0v) is 30.7. The SMILES string of the molecule is COc1nc(/N=C/CSOOO)nc(Nc2ccc(/C=C/c3ccc(Nc4nc(NCCS(=O)(=O)O)nc(OC)n4)cc3SOOO)c(S(=O)(=O)O)c2)n1. The second-order valence-corrected chi connectivity index (χ2v) is 14.1. The maximum atomic E-state index is 12.4. The Morgan fingerprint density at radius 1 is 0.778 bits per heavy atom. The summed E-state index contributed by atoms with van der Waals surface area (Å²) >= 11 is 1.31. The highest BCUT2D eigenvalue weighted by molar-refractivity contribution is 7.95. The summed E-state index contributed by atoms with van der Waals surface area (Å²) in [5.41, 5.74) is 1.01. The molecule has 0 radical (unpaired) electrons. The highest BCUT2D eigenvalue weighted by Gasteiger charge is 2.17. The third-order valence-corrected chi connectivity index (χ3v) is 8.80. The number of hydrogen-bond acceptors (Lipinski definition) is 24. The number of aliphatic imine (C=N–C) groups is 1. The van der Waals surface area contributed by atoms with E-state index in [1.165, 1.54) is 50.8 Å². The van der Waals surface area contributed by atoms with Crippen molar-refractivity contribution in [1.82, 2.24) is 29.9 Å². The van der Waals surface area contributed by atoms with Gasteiger partial charge in [0.1, 0.15) is 4.90 Å². The molecule has 0 saturated carbocycles. The maximum Gasteiger partial charge on any atom is 0.322 e. The first kappa shape index (κ1) is 41.9. The summed E-state index contributed by atoms with van der Waals surface area (Å²) in [6, 6.07) is 8.46. The first-order chi connectivity index (χ1) is 25.8. The third-order valence-electron chi connectivity index (χ3n) is 6.07. The summed E-state index contributed by atoms with van der Waals surface area (Å²) in [6.07, 6.45) is 4.23. The van der Waals surface area contributed by atoms with Gasteiger partial charge in [-0.1, -0.05) is 34.4 Å². The van der Waals surface area contributed by atoms with Crippen molar-refractivity contribution in [3.8, 4) is 12.0 Å². The highest BCUT2D eigenvalue weighted by Crippen LogP contribution is 2.31. The van der Waals surface area contributed by atoms with E-state index in [1.54, 1.807) is 12.1 Å². The Hall–Kier alpha value is -4.85. The van der Waals surface area contributed by atoms with Gasteiger partial charge < -0.3 is 25.4 Å². The Bertz CT molecular complexity index is 2180. The number of benzene rings is 2. The summed E-state index contributed by atoms with van der Waals surface area (Å²) in [5.74, 6) is -0.710. The molecule has 0 spiro atoms. The van der Waals surface area contributed by atoms with Crippen LogP contribution in [0.4, 0.5) is 35.2 Å². The van der Waals surface area contributed by atoms with Gasteiger partial charge >= 0.3 is 12.0 Å². The maximum absolute atomic E-state index is 12.4. The second-order valence-electron chi connectivity index (χ2n) is 9.66. The van der Waals surface area contributed by atoms with Gasteiger partial charge in [-0.15, -0.1) is 8.67 Å². The van der Waals surface area contributed by atoms with Crippen molar-refractivity contribution >= 4 is 97.9 Å². The number of methoxy groups -OCH3 is 2. The number of rotatable bonds is 21. The summed E-state index contributed by atoms with van der Waals surface area (Å²) in [5, 5.41) is 32.6. The Morgan fingerprint density at radius 3 is 2.04 bits per heavy atom. The summed E-state index contributed by atoms with van der Waals surface area (Å²) in [4.78, 5) is 28.2. The van der Waals surface area contributed by atoms with Gasteiger partial charge in [-0.2, -0.15) is 46.7 Å². The van der Waals surface area contributed by atoms with Crippen molar-refractivity contribution in [3.05, 3.63) is 47.5 Å².